The van der Waals surface area contributed by atoms with E-state index in [0.29, 0.717) is 11.3 Å². The number of hydrogen-bond donors (Lipinski definition) is 1. The number of amides is 1. The van der Waals surface area contributed by atoms with Gasteiger partial charge in [0.1, 0.15) is 5.75 Å². The fourth-order valence-corrected chi connectivity index (χ4v) is 4.74. The number of anilines is 1. The van der Waals surface area contributed by atoms with Crippen LogP contribution in [0.2, 0.25) is 10.0 Å². The van der Waals surface area contributed by atoms with Gasteiger partial charge in [-0.05, 0) is 79.4 Å². The molecule has 0 atom stereocenters. The largest absolute Gasteiger partial charge is 1.00 e. The molecule has 0 aliphatic rings. The predicted molar refractivity (Wildman–Crippen MR) is 141 cm³/mol. The Hall–Kier alpha value is -2.91. The number of nitrogens with one attached hydrogen (secondary N) is 1. The first-order chi connectivity index (χ1) is 17.9. The van der Waals surface area contributed by atoms with Crippen molar-refractivity contribution in [3.05, 3.63) is 86.9 Å². The van der Waals surface area contributed by atoms with Crippen LogP contribution in [0.4, 0.5) is 5.69 Å². The van der Waals surface area contributed by atoms with Gasteiger partial charge in [0, 0.05) is 21.3 Å². The van der Waals surface area contributed by atoms with E-state index in [1.165, 1.54) is 61.5 Å². The van der Waals surface area contributed by atoms with Crippen molar-refractivity contribution in [3.63, 3.8) is 0 Å². The molecule has 0 aromatic heterocycles. The van der Waals surface area contributed by atoms with Gasteiger partial charge >= 0.3 is 29.6 Å². The van der Waals surface area contributed by atoms with Crippen LogP contribution in [0, 0.1) is 18.3 Å². The number of nitrogens with zero attached hydrogens (tertiary/aromatic N) is 2. The summed E-state index contributed by atoms with van der Waals surface area (Å²) in [5.74, 6) is -1.79. The molecule has 9 nitrogen and oxygen atoms in total. The summed E-state index contributed by atoms with van der Waals surface area (Å²) < 4.78 is 33.3. The third-order valence-corrected chi connectivity index (χ3v) is 6.88. The minimum absolute atomic E-state index is 0. The van der Waals surface area contributed by atoms with Gasteiger partial charge in [-0.1, -0.05) is 30.1 Å². The van der Waals surface area contributed by atoms with E-state index in [4.69, 9.17) is 33.2 Å². The summed E-state index contributed by atoms with van der Waals surface area (Å²) in [6.07, 6.45) is -0.0483. The maximum absolute atomic E-state index is 13.1. The number of benzene rings is 3. The van der Waals surface area contributed by atoms with Gasteiger partial charge in [-0.25, -0.2) is 0 Å². The number of aryl methyl sites for hydroxylation is 1. The Kier molecular flexibility index (Phi) is 11.5. The van der Waals surface area contributed by atoms with Crippen molar-refractivity contribution < 1.29 is 57.4 Å². The Morgan fingerprint density at radius 2 is 1.79 bits per heavy atom. The molecule has 0 aliphatic carbocycles. The quantitative estimate of drug-likeness (QED) is 0.169. The summed E-state index contributed by atoms with van der Waals surface area (Å²) in [7, 11) is -4.16. The van der Waals surface area contributed by atoms with Crippen LogP contribution in [0.25, 0.3) is 0 Å². The average Bonchev–Trinajstić information content (AvgIpc) is 2.87. The van der Waals surface area contributed by atoms with Gasteiger partial charge in [0.2, 0.25) is 0 Å². The van der Waals surface area contributed by atoms with Crippen LogP contribution >= 0.6 is 23.2 Å². The number of sulfonamides is 1. The third-order valence-electron chi connectivity index (χ3n) is 5.13. The number of carbonyl (C=O) groups is 2. The summed E-state index contributed by atoms with van der Waals surface area (Å²) >= 11 is 12.1. The number of halogens is 2. The molecule has 0 bridgehead atoms. The van der Waals surface area contributed by atoms with Gasteiger partial charge in [0.15, 0.2) is 12.4 Å². The molecule has 0 aliphatic heterocycles. The standard InChI is InChI=1S/C26H21Cl2N3O6S.Na/c1-3-24(32)31-38(35,36)20-5-6-22(15(2)8-20)30-25(33)14-37-23-7-4-18(27)12-21(23)26(34)17-9-16(13-29)10-19(28)11-17;/h4-12H,3,14H2,1-2H3,(H,30,33)(H,31,32);/q;+1/p-1. The molecule has 3 aromatic carbocycles. The zero-order valence-electron chi connectivity index (χ0n) is 21.1. The Labute approximate surface area is 257 Å². The number of ether oxygens (including phenoxy) is 1. The molecule has 1 N–H and O–H groups in total. The third kappa shape index (κ3) is 8.54. The number of nitriles is 1. The maximum Gasteiger partial charge on any atom is 1.00 e. The van der Waals surface area contributed by atoms with E-state index in [2.05, 4.69) is 9.71 Å². The van der Waals surface area contributed by atoms with Gasteiger partial charge in [-0.15, -0.1) is 0 Å². The number of ketones is 1. The van der Waals surface area contributed by atoms with Crippen molar-refractivity contribution in [1.82, 2.24) is 0 Å². The van der Waals surface area contributed by atoms with Crippen molar-refractivity contribution in [3.8, 4) is 11.8 Å². The molecule has 0 fully saturated rings. The molecule has 39 heavy (non-hydrogen) atoms. The average molecular weight is 596 g/mol. The molecule has 196 valence electrons. The van der Waals surface area contributed by atoms with Crippen LogP contribution in [-0.2, 0) is 14.8 Å². The van der Waals surface area contributed by atoms with E-state index in [-0.39, 0.29) is 73.4 Å². The monoisotopic (exact) mass is 595 g/mol. The molecule has 0 unspecified atom stereocenters. The summed E-state index contributed by atoms with van der Waals surface area (Å²) in [6, 6.07) is 14.3. The Morgan fingerprint density at radius 3 is 2.44 bits per heavy atom. The number of rotatable bonds is 9. The van der Waals surface area contributed by atoms with Crippen LogP contribution in [0.3, 0.4) is 0 Å². The zero-order valence-corrected chi connectivity index (χ0v) is 25.4. The zero-order chi connectivity index (χ0) is 28.0. The van der Waals surface area contributed by atoms with Crippen LogP contribution < -0.4 is 44.7 Å². The van der Waals surface area contributed by atoms with Crippen LogP contribution in [0.15, 0.2) is 63.9 Å². The van der Waals surface area contributed by atoms with Gasteiger partial charge in [-0.2, -0.15) is 18.1 Å². The van der Waals surface area contributed by atoms with Gasteiger partial charge in [0.25, 0.3) is 15.9 Å². The first-order valence-corrected chi connectivity index (χ1v) is 13.2. The first kappa shape index (κ1) is 32.3. The molecule has 0 spiro atoms. The molecule has 0 saturated heterocycles. The topological polar surface area (TPSA) is 149 Å². The number of hydrogen-bond acceptors (Lipinski definition) is 7. The normalized spacial score (nSPS) is 11.2. The molecule has 0 heterocycles. The SMILES string of the molecule is CC/C([O-])=N/S(=O)(=O)c1ccc(NC(=O)COc2ccc(Cl)cc2C(=O)c2cc(Cl)cc(C#N)c2)c(C)c1.[Na+]. The minimum Gasteiger partial charge on any atom is -0.861 e. The van der Waals surface area contributed by atoms with Crippen LogP contribution in [0.5, 0.6) is 5.75 Å². The molecule has 13 heteroatoms. The molecule has 1 amide bonds. The first-order valence-electron chi connectivity index (χ1n) is 11.0. The van der Waals surface area contributed by atoms with E-state index in [0.717, 1.165) is 0 Å². The van der Waals surface area contributed by atoms with Crippen molar-refractivity contribution in [2.75, 3.05) is 11.9 Å². The molecular formula is C26H20Cl2N3NaO6S. The second-order valence-corrected chi connectivity index (χ2v) is 10.4. The van der Waals surface area contributed by atoms with Gasteiger partial charge in [0.05, 0.1) is 22.1 Å². The fraction of sp³-hybridized carbons (Fsp3) is 0.154. The predicted octanol–water partition coefficient (Wildman–Crippen LogP) is 1.28. The van der Waals surface area contributed by atoms with Crippen molar-refractivity contribution in [2.45, 2.75) is 25.2 Å². The second kappa shape index (κ2) is 13.9. The van der Waals surface area contributed by atoms with Crippen molar-refractivity contribution >= 4 is 56.5 Å². The molecule has 3 rings (SSSR count). The Bertz CT molecular complexity index is 1600. The summed E-state index contributed by atoms with van der Waals surface area (Å²) in [6.45, 7) is 2.59. The smallest absolute Gasteiger partial charge is 0.861 e. The van der Waals surface area contributed by atoms with Gasteiger partial charge in [-0.3, -0.25) is 9.59 Å². The summed E-state index contributed by atoms with van der Waals surface area (Å²) in [4.78, 5) is 25.5. The van der Waals surface area contributed by atoms with E-state index >= 15 is 0 Å². The Balaban J connectivity index is 0.00000533. The van der Waals surface area contributed by atoms with E-state index in [1.54, 1.807) is 6.92 Å². The molecule has 0 radical (unpaired) electrons. The summed E-state index contributed by atoms with van der Waals surface area (Å²) in [5, 5.41) is 23.7. The maximum atomic E-state index is 13.1. The van der Waals surface area contributed by atoms with Crippen molar-refractivity contribution in [2.24, 2.45) is 4.40 Å². The minimum atomic E-state index is -4.16. The summed E-state index contributed by atoms with van der Waals surface area (Å²) in [5.41, 5.74) is 1.13. The number of carbonyl (C=O) groups excluding carboxylic acids is 2. The Morgan fingerprint density at radius 1 is 1.08 bits per heavy atom. The van der Waals surface area contributed by atoms with Crippen LogP contribution in [-0.4, -0.2) is 32.6 Å². The molecular weight excluding hydrogens is 576 g/mol. The van der Waals surface area contributed by atoms with Crippen molar-refractivity contribution in [1.29, 1.82) is 5.26 Å². The second-order valence-electron chi connectivity index (χ2n) is 7.94. The fourth-order valence-electron chi connectivity index (χ4n) is 3.26. The van der Waals surface area contributed by atoms with E-state index in [1.807, 2.05) is 6.07 Å². The molecule has 0 saturated carbocycles. The van der Waals surface area contributed by atoms with E-state index < -0.39 is 34.2 Å². The van der Waals surface area contributed by atoms with E-state index in [9.17, 15) is 23.1 Å². The molecule has 3 aromatic rings. The van der Waals surface area contributed by atoms with Crippen LogP contribution in [0.1, 0.15) is 40.4 Å². The van der Waals surface area contributed by atoms with Gasteiger partial charge < -0.3 is 15.2 Å².